The van der Waals surface area contributed by atoms with Crippen LogP contribution < -0.4 is 10.0 Å². The molecule has 0 radical (unpaired) electrons. The van der Waals surface area contributed by atoms with Crippen molar-refractivity contribution in [3.63, 3.8) is 0 Å². The number of nitrogens with one attached hydrogen (secondary N) is 2. The van der Waals surface area contributed by atoms with Gasteiger partial charge in [-0.25, -0.2) is 13.4 Å². The van der Waals surface area contributed by atoms with Gasteiger partial charge in [-0.3, -0.25) is 9.52 Å². The van der Waals surface area contributed by atoms with Gasteiger partial charge in [0, 0.05) is 21.0 Å². The van der Waals surface area contributed by atoms with Crippen molar-refractivity contribution in [3.05, 3.63) is 89.8 Å². The number of hydrogen-bond acceptors (Lipinski definition) is 6. The standard InChI is InChI=1S/C24H21N3O3S3/c1-17-23(18-8-4-2-5-9-18)26-24(32-17)25-22(28)16-31-20-14-12-19(13-15-20)27-33(29,30)21-10-6-3-7-11-21/h2-15,27H,16H2,1H3,(H,25,26,28). The number of hydrogen-bond donors (Lipinski definition) is 2. The number of sulfonamides is 1. The summed E-state index contributed by atoms with van der Waals surface area (Å²) in [6.07, 6.45) is 0. The number of rotatable bonds is 8. The van der Waals surface area contributed by atoms with Crippen LogP contribution in [0.2, 0.25) is 0 Å². The predicted molar refractivity (Wildman–Crippen MR) is 135 cm³/mol. The number of thiazole rings is 1. The van der Waals surface area contributed by atoms with Gasteiger partial charge < -0.3 is 5.32 Å². The third-order valence-electron chi connectivity index (χ3n) is 4.62. The number of amides is 1. The molecular formula is C24H21N3O3S3. The molecule has 0 atom stereocenters. The Hall–Kier alpha value is -3.14. The molecule has 0 aliphatic rings. The highest BCUT2D eigenvalue weighted by Gasteiger charge is 2.14. The minimum absolute atomic E-state index is 0.151. The van der Waals surface area contributed by atoms with E-state index in [2.05, 4.69) is 15.0 Å². The third kappa shape index (κ3) is 6.01. The number of carbonyl (C=O) groups excluding carboxylic acids is 1. The lowest BCUT2D eigenvalue weighted by molar-refractivity contribution is -0.113. The van der Waals surface area contributed by atoms with Gasteiger partial charge in [-0.15, -0.1) is 23.1 Å². The maximum Gasteiger partial charge on any atom is 0.261 e. The maximum absolute atomic E-state index is 12.4. The van der Waals surface area contributed by atoms with Gasteiger partial charge in [0.1, 0.15) is 0 Å². The monoisotopic (exact) mass is 495 g/mol. The lowest BCUT2D eigenvalue weighted by atomic mass is 10.1. The van der Waals surface area contributed by atoms with E-state index in [-0.39, 0.29) is 16.6 Å². The van der Waals surface area contributed by atoms with E-state index in [9.17, 15) is 13.2 Å². The Labute approximate surface area is 201 Å². The van der Waals surface area contributed by atoms with Crippen molar-refractivity contribution < 1.29 is 13.2 Å². The van der Waals surface area contributed by atoms with E-state index in [1.165, 1.54) is 35.2 Å². The Kier molecular flexibility index (Phi) is 7.12. The number of anilines is 2. The molecule has 0 saturated carbocycles. The molecule has 9 heteroatoms. The van der Waals surface area contributed by atoms with Crippen LogP contribution in [-0.4, -0.2) is 25.1 Å². The number of carbonyl (C=O) groups is 1. The summed E-state index contributed by atoms with van der Waals surface area (Å²) in [5.41, 5.74) is 2.35. The molecule has 4 rings (SSSR count). The lowest BCUT2D eigenvalue weighted by Gasteiger charge is -2.09. The summed E-state index contributed by atoms with van der Waals surface area (Å²) >= 11 is 2.81. The molecule has 4 aromatic rings. The second-order valence-corrected chi connectivity index (χ2v) is 11.0. The number of aromatic nitrogens is 1. The van der Waals surface area contributed by atoms with Crippen molar-refractivity contribution in [2.45, 2.75) is 16.7 Å². The van der Waals surface area contributed by atoms with Crippen molar-refractivity contribution in [2.24, 2.45) is 0 Å². The highest BCUT2D eigenvalue weighted by molar-refractivity contribution is 8.00. The third-order valence-corrected chi connectivity index (χ3v) is 7.92. The smallest absolute Gasteiger partial charge is 0.261 e. The SMILES string of the molecule is Cc1sc(NC(=O)CSc2ccc(NS(=O)(=O)c3ccccc3)cc2)nc1-c1ccccc1. The molecule has 0 aliphatic carbocycles. The van der Waals surface area contributed by atoms with Crippen molar-refractivity contribution in [3.8, 4) is 11.3 Å². The molecule has 0 fully saturated rings. The van der Waals surface area contributed by atoms with Gasteiger partial charge in [-0.05, 0) is 43.3 Å². The fourth-order valence-corrected chi connectivity index (χ4v) is 5.68. The Morgan fingerprint density at radius 2 is 1.58 bits per heavy atom. The number of nitrogens with zero attached hydrogens (tertiary/aromatic N) is 1. The van der Waals surface area contributed by atoms with Crippen LogP contribution in [0.3, 0.4) is 0 Å². The van der Waals surface area contributed by atoms with E-state index >= 15 is 0 Å². The normalized spacial score (nSPS) is 11.2. The largest absolute Gasteiger partial charge is 0.301 e. The molecule has 33 heavy (non-hydrogen) atoms. The first-order valence-corrected chi connectivity index (χ1v) is 13.3. The Morgan fingerprint density at radius 1 is 0.939 bits per heavy atom. The van der Waals surface area contributed by atoms with Gasteiger partial charge >= 0.3 is 0 Å². The first kappa shape index (κ1) is 23.0. The molecule has 6 nitrogen and oxygen atoms in total. The summed E-state index contributed by atoms with van der Waals surface area (Å²) in [4.78, 5) is 19.1. The molecule has 2 N–H and O–H groups in total. The Balaban J connectivity index is 1.32. The fraction of sp³-hybridized carbons (Fsp3) is 0.0833. The van der Waals surface area contributed by atoms with Crippen LogP contribution >= 0.6 is 23.1 Å². The Morgan fingerprint density at radius 3 is 2.24 bits per heavy atom. The van der Waals surface area contributed by atoms with E-state index in [1.807, 2.05) is 37.3 Å². The molecule has 0 spiro atoms. The van der Waals surface area contributed by atoms with Gasteiger partial charge in [0.15, 0.2) is 5.13 Å². The molecule has 1 heterocycles. The van der Waals surface area contributed by atoms with E-state index in [4.69, 9.17) is 0 Å². The summed E-state index contributed by atoms with van der Waals surface area (Å²) in [7, 11) is -3.63. The summed E-state index contributed by atoms with van der Waals surface area (Å²) in [5.74, 6) is 0.0659. The van der Waals surface area contributed by atoms with E-state index < -0.39 is 10.0 Å². The van der Waals surface area contributed by atoms with Gasteiger partial charge in [-0.2, -0.15) is 0 Å². The minimum Gasteiger partial charge on any atom is -0.301 e. The van der Waals surface area contributed by atoms with Crippen molar-refractivity contribution in [2.75, 3.05) is 15.8 Å². The first-order valence-electron chi connectivity index (χ1n) is 10.0. The first-order chi connectivity index (χ1) is 15.9. The molecule has 0 unspecified atom stereocenters. The summed E-state index contributed by atoms with van der Waals surface area (Å²) in [6, 6.07) is 25.0. The molecule has 168 valence electrons. The fourth-order valence-electron chi connectivity index (χ4n) is 3.05. The summed E-state index contributed by atoms with van der Waals surface area (Å²) < 4.78 is 27.4. The zero-order valence-corrected chi connectivity index (χ0v) is 20.1. The second kappa shape index (κ2) is 10.2. The topological polar surface area (TPSA) is 88.2 Å². The van der Waals surface area contributed by atoms with Crippen molar-refractivity contribution in [1.29, 1.82) is 0 Å². The average molecular weight is 496 g/mol. The molecule has 0 aliphatic heterocycles. The zero-order chi connectivity index (χ0) is 23.3. The average Bonchev–Trinajstić information content (AvgIpc) is 3.19. The van der Waals surface area contributed by atoms with Crippen LogP contribution in [0.15, 0.2) is 94.7 Å². The lowest BCUT2D eigenvalue weighted by Crippen LogP contribution is -2.14. The maximum atomic E-state index is 12.4. The second-order valence-electron chi connectivity index (χ2n) is 7.07. The van der Waals surface area contributed by atoms with E-state index in [1.54, 1.807) is 42.5 Å². The quantitative estimate of drug-likeness (QED) is 0.308. The molecule has 0 saturated heterocycles. The zero-order valence-electron chi connectivity index (χ0n) is 17.7. The molecule has 3 aromatic carbocycles. The van der Waals surface area contributed by atoms with Gasteiger partial charge in [0.25, 0.3) is 10.0 Å². The molecule has 1 aromatic heterocycles. The van der Waals surface area contributed by atoms with Crippen molar-refractivity contribution >= 4 is 49.8 Å². The van der Waals surface area contributed by atoms with Crippen LogP contribution in [0, 0.1) is 6.92 Å². The predicted octanol–water partition coefficient (Wildman–Crippen LogP) is 5.65. The summed E-state index contributed by atoms with van der Waals surface area (Å²) in [6.45, 7) is 1.98. The molecule has 0 bridgehead atoms. The van der Waals surface area contributed by atoms with Gasteiger partial charge in [0.05, 0.1) is 16.3 Å². The Bertz CT molecular complexity index is 1340. The molecular weight excluding hydrogens is 474 g/mol. The van der Waals surface area contributed by atoms with E-state index in [0.717, 1.165) is 21.0 Å². The van der Waals surface area contributed by atoms with Crippen LogP contribution in [0.25, 0.3) is 11.3 Å². The van der Waals surface area contributed by atoms with Crippen LogP contribution in [-0.2, 0) is 14.8 Å². The number of thioether (sulfide) groups is 1. The van der Waals surface area contributed by atoms with Gasteiger partial charge in [0.2, 0.25) is 5.91 Å². The van der Waals surface area contributed by atoms with Crippen molar-refractivity contribution in [1.82, 2.24) is 4.98 Å². The van der Waals surface area contributed by atoms with Crippen LogP contribution in [0.4, 0.5) is 10.8 Å². The number of benzene rings is 3. The number of aryl methyl sites for hydroxylation is 1. The van der Waals surface area contributed by atoms with Gasteiger partial charge in [-0.1, -0.05) is 48.5 Å². The summed E-state index contributed by atoms with van der Waals surface area (Å²) in [5, 5.41) is 3.43. The minimum atomic E-state index is -3.63. The van der Waals surface area contributed by atoms with Crippen LogP contribution in [0.1, 0.15) is 4.88 Å². The highest BCUT2D eigenvalue weighted by atomic mass is 32.2. The van der Waals surface area contributed by atoms with E-state index in [0.29, 0.717) is 10.8 Å². The molecule has 1 amide bonds. The van der Waals surface area contributed by atoms with Crippen LogP contribution in [0.5, 0.6) is 0 Å². The highest BCUT2D eigenvalue weighted by Crippen LogP contribution is 2.30.